The molecule has 7 nitrogen and oxygen atoms in total. The Morgan fingerprint density at radius 3 is 2.37 bits per heavy atom. The number of likely N-dealkylation sites (tertiary alicyclic amines) is 2. The maximum absolute atomic E-state index is 16.0. The second-order valence-electron chi connectivity index (χ2n) is 12.6. The van der Waals surface area contributed by atoms with Crippen LogP contribution < -0.4 is 0 Å². The molecule has 3 aromatic rings. The van der Waals surface area contributed by atoms with Crippen LogP contribution in [0, 0.1) is 11.7 Å². The zero-order valence-corrected chi connectivity index (χ0v) is 25.5. The molecule has 3 unspecified atom stereocenters. The van der Waals surface area contributed by atoms with E-state index in [9.17, 15) is 8.42 Å². The first-order valence-corrected chi connectivity index (χ1v) is 17.1. The Hall–Kier alpha value is -2.33. The van der Waals surface area contributed by atoms with Gasteiger partial charge in [-0.25, -0.2) is 17.8 Å². The van der Waals surface area contributed by atoms with Crippen molar-refractivity contribution < 1.29 is 17.5 Å². The minimum Gasteiger partial charge on any atom is -0.381 e. The third-order valence-electron chi connectivity index (χ3n) is 9.89. The van der Waals surface area contributed by atoms with Crippen LogP contribution in [0.15, 0.2) is 41.3 Å². The lowest BCUT2D eigenvalue weighted by molar-refractivity contribution is -0.0709. The quantitative estimate of drug-likeness (QED) is 0.380. The minimum absolute atomic E-state index is 0.188. The Morgan fingerprint density at radius 2 is 1.76 bits per heavy atom. The molecule has 0 amide bonds. The van der Waals surface area contributed by atoms with Crippen LogP contribution >= 0.6 is 0 Å². The Morgan fingerprint density at radius 1 is 1.05 bits per heavy atom. The molecule has 6 rings (SSSR count). The van der Waals surface area contributed by atoms with Gasteiger partial charge in [0.2, 0.25) is 0 Å². The fourth-order valence-electron chi connectivity index (χ4n) is 7.39. The number of imidazole rings is 1. The van der Waals surface area contributed by atoms with Gasteiger partial charge >= 0.3 is 0 Å². The SMILES string of the molecule is CCC1CC(N2CCC(c3ccc4c(nc(-c5ccc(S(C)(=O)=O)cc5)n4C)c3F)CC2)CC(C)N1CC1COC1. The fraction of sp³-hybridized carbons (Fsp3) is 0.594. The molecule has 0 spiro atoms. The van der Waals surface area contributed by atoms with E-state index in [0.29, 0.717) is 35.4 Å². The third-order valence-corrected chi connectivity index (χ3v) is 11.0. The van der Waals surface area contributed by atoms with E-state index in [1.54, 1.807) is 24.3 Å². The Labute approximate surface area is 243 Å². The van der Waals surface area contributed by atoms with E-state index in [-0.39, 0.29) is 16.6 Å². The highest BCUT2D eigenvalue weighted by Gasteiger charge is 2.38. The van der Waals surface area contributed by atoms with Crippen LogP contribution in [0.5, 0.6) is 0 Å². The summed E-state index contributed by atoms with van der Waals surface area (Å²) in [5.74, 6) is 1.29. The first-order chi connectivity index (χ1) is 19.6. The molecule has 0 saturated carbocycles. The van der Waals surface area contributed by atoms with Crippen molar-refractivity contribution in [2.24, 2.45) is 13.0 Å². The molecule has 3 aliphatic rings. The second-order valence-corrected chi connectivity index (χ2v) is 14.6. The highest BCUT2D eigenvalue weighted by molar-refractivity contribution is 7.90. The third kappa shape index (κ3) is 5.58. The maximum atomic E-state index is 16.0. The number of rotatable bonds is 7. The monoisotopic (exact) mass is 582 g/mol. The topological polar surface area (TPSA) is 67.7 Å². The van der Waals surface area contributed by atoms with Crippen LogP contribution in [-0.4, -0.2) is 85.0 Å². The van der Waals surface area contributed by atoms with Gasteiger partial charge in [-0.2, -0.15) is 0 Å². The highest BCUT2D eigenvalue weighted by Crippen LogP contribution is 2.37. The van der Waals surface area contributed by atoms with Gasteiger partial charge in [0.05, 0.1) is 23.6 Å². The average Bonchev–Trinajstić information content (AvgIpc) is 3.28. The van der Waals surface area contributed by atoms with Crippen molar-refractivity contribution in [3.8, 4) is 11.4 Å². The van der Waals surface area contributed by atoms with E-state index in [1.807, 2.05) is 23.7 Å². The summed E-state index contributed by atoms with van der Waals surface area (Å²) >= 11 is 0. The molecule has 222 valence electrons. The van der Waals surface area contributed by atoms with Crippen LogP contribution in [0.3, 0.4) is 0 Å². The van der Waals surface area contributed by atoms with Crippen LogP contribution in [0.2, 0.25) is 0 Å². The number of aryl methyl sites for hydroxylation is 1. The van der Waals surface area contributed by atoms with E-state index in [2.05, 4.69) is 23.6 Å². The number of nitrogens with zero attached hydrogens (tertiary/aromatic N) is 4. The molecule has 0 radical (unpaired) electrons. The van der Waals surface area contributed by atoms with E-state index in [0.717, 1.165) is 62.3 Å². The predicted molar refractivity (Wildman–Crippen MR) is 160 cm³/mol. The van der Waals surface area contributed by atoms with Crippen LogP contribution in [0.1, 0.15) is 57.4 Å². The highest BCUT2D eigenvalue weighted by atomic mass is 32.2. The van der Waals surface area contributed by atoms with Crippen LogP contribution in [0.25, 0.3) is 22.4 Å². The zero-order valence-electron chi connectivity index (χ0n) is 24.7. The predicted octanol–water partition coefficient (Wildman–Crippen LogP) is 5.24. The molecule has 9 heteroatoms. The number of hydrogen-bond donors (Lipinski definition) is 0. The number of aromatic nitrogens is 2. The summed E-state index contributed by atoms with van der Waals surface area (Å²) in [5.41, 5.74) is 2.66. The fourth-order valence-corrected chi connectivity index (χ4v) is 8.02. The molecule has 1 aromatic heterocycles. The van der Waals surface area contributed by atoms with Crippen molar-refractivity contribution >= 4 is 20.9 Å². The van der Waals surface area contributed by atoms with Crippen molar-refractivity contribution in [3.05, 3.63) is 47.8 Å². The lowest BCUT2D eigenvalue weighted by atomic mass is 9.84. The normalized spacial score (nSPS) is 25.5. The van der Waals surface area contributed by atoms with Crippen LogP contribution in [0.4, 0.5) is 4.39 Å². The number of halogens is 1. The number of hydrogen-bond acceptors (Lipinski definition) is 6. The van der Waals surface area contributed by atoms with Crippen molar-refractivity contribution in [3.63, 3.8) is 0 Å². The zero-order chi connectivity index (χ0) is 28.9. The van der Waals surface area contributed by atoms with Gasteiger partial charge in [0.1, 0.15) is 11.3 Å². The lowest BCUT2D eigenvalue weighted by Gasteiger charge is -2.50. The van der Waals surface area contributed by atoms with Gasteiger partial charge in [-0.1, -0.05) is 13.0 Å². The molecule has 3 fully saturated rings. The molecule has 0 aliphatic carbocycles. The summed E-state index contributed by atoms with van der Waals surface area (Å²) in [7, 11) is -1.40. The van der Waals surface area contributed by atoms with Crippen molar-refractivity contribution in [2.75, 3.05) is 39.1 Å². The molecule has 3 saturated heterocycles. The van der Waals surface area contributed by atoms with E-state index >= 15 is 4.39 Å². The molecule has 3 aliphatic heterocycles. The van der Waals surface area contributed by atoms with Gasteiger partial charge in [-0.05, 0) is 93.9 Å². The number of benzene rings is 2. The number of fused-ring (bicyclic) bond motifs is 1. The van der Waals surface area contributed by atoms with E-state index < -0.39 is 9.84 Å². The Kier molecular flexibility index (Phi) is 8.00. The standard InChI is InChI=1S/C32H43FN4O3S/c1-5-25-17-26(16-21(2)37(25)18-22-19-40-20-22)36-14-12-23(13-15-36)28-10-11-29-31(30(28)33)34-32(35(29)3)24-6-8-27(9-7-24)41(4,38)39/h6-11,21-23,25-26H,5,12-20H2,1-4H3. The summed E-state index contributed by atoms with van der Waals surface area (Å²) in [6, 6.07) is 12.4. The molecular weight excluding hydrogens is 539 g/mol. The van der Waals surface area contributed by atoms with Gasteiger partial charge in [0, 0.05) is 49.5 Å². The minimum atomic E-state index is -3.28. The molecule has 41 heavy (non-hydrogen) atoms. The molecule has 3 atom stereocenters. The summed E-state index contributed by atoms with van der Waals surface area (Å²) in [6.45, 7) is 9.72. The van der Waals surface area contributed by atoms with Gasteiger partial charge in [-0.15, -0.1) is 0 Å². The summed E-state index contributed by atoms with van der Waals surface area (Å²) < 4.78 is 47.0. The van der Waals surface area contributed by atoms with Gasteiger partial charge in [-0.3, -0.25) is 4.90 Å². The van der Waals surface area contributed by atoms with Gasteiger partial charge in [0.25, 0.3) is 0 Å². The first kappa shape index (κ1) is 28.8. The van der Waals surface area contributed by atoms with Crippen molar-refractivity contribution in [1.82, 2.24) is 19.4 Å². The molecule has 0 bridgehead atoms. The Bertz CT molecular complexity index is 1490. The van der Waals surface area contributed by atoms with Crippen molar-refractivity contribution in [1.29, 1.82) is 0 Å². The molecular formula is C32H43FN4O3S. The second kappa shape index (κ2) is 11.4. The van der Waals surface area contributed by atoms with E-state index in [1.165, 1.54) is 25.5 Å². The van der Waals surface area contributed by atoms with Gasteiger partial charge < -0.3 is 14.2 Å². The number of sulfone groups is 1. The van der Waals surface area contributed by atoms with Crippen molar-refractivity contribution in [2.45, 2.75) is 74.9 Å². The number of piperidine rings is 2. The number of ether oxygens (including phenoxy) is 1. The molecule has 0 N–H and O–H groups in total. The first-order valence-electron chi connectivity index (χ1n) is 15.2. The lowest BCUT2D eigenvalue weighted by Crippen LogP contribution is -2.57. The van der Waals surface area contributed by atoms with Crippen LogP contribution in [-0.2, 0) is 21.6 Å². The largest absolute Gasteiger partial charge is 0.381 e. The Balaban J connectivity index is 1.14. The van der Waals surface area contributed by atoms with E-state index in [4.69, 9.17) is 9.72 Å². The summed E-state index contributed by atoms with van der Waals surface area (Å²) in [5, 5.41) is 0. The molecule has 4 heterocycles. The average molecular weight is 583 g/mol. The maximum Gasteiger partial charge on any atom is 0.175 e. The molecule has 2 aromatic carbocycles. The summed E-state index contributed by atoms with van der Waals surface area (Å²) in [4.78, 5) is 10.4. The summed E-state index contributed by atoms with van der Waals surface area (Å²) in [6.07, 6.45) is 6.72. The van der Waals surface area contributed by atoms with Gasteiger partial charge in [0.15, 0.2) is 15.7 Å². The smallest absolute Gasteiger partial charge is 0.175 e.